The van der Waals surface area contributed by atoms with E-state index in [0.717, 1.165) is 4.68 Å². The van der Waals surface area contributed by atoms with Crippen molar-refractivity contribution in [2.24, 2.45) is 0 Å². The highest BCUT2D eigenvalue weighted by molar-refractivity contribution is 5.94. The lowest BCUT2D eigenvalue weighted by Crippen LogP contribution is -2.32. The third-order valence-corrected chi connectivity index (χ3v) is 4.71. The average molecular weight is 485 g/mol. The van der Waals surface area contributed by atoms with Gasteiger partial charge in [-0.25, -0.2) is 4.68 Å². The van der Waals surface area contributed by atoms with E-state index in [1.54, 1.807) is 24.3 Å². The van der Waals surface area contributed by atoms with E-state index < -0.39 is 40.5 Å². The van der Waals surface area contributed by atoms with E-state index >= 15 is 0 Å². The van der Waals surface area contributed by atoms with Crippen molar-refractivity contribution >= 4 is 5.91 Å². The fourth-order valence-electron chi connectivity index (χ4n) is 2.99. The van der Waals surface area contributed by atoms with Crippen molar-refractivity contribution in [3.63, 3.8) is 0 Å². The first kappa shape index (κ1) is 24.8. The normalized spacial score (nSPS) is 11.9. The van der Waals surface area contributed by atoms with Gasteiger partial charge in [0.2, 0.25) is 0 Å². The van der Waals surface area contributed by atoms with Gasteiger partial charge in [0.05, 0.1) is 30.5 Å². The van der Waals surface area contributed by atoms with Crippen LogP contribution in [0.5, 0.6) is 5.75 Å². The van der Waals surface area contributed by atoms with Gasteiger partial charge in [-0.3, -0.25) is 9.59 Å². The number of aromatic nitrogens is 2. The average Bonchev–Trinajstić information content (AvgIpc) is 2.79. The van der Waals surface area contributed by atoms with E-state index in [2.05, 4.69) is 10.4 Å². The molecule has 3 rings (SSSR count). The van der Waals surface area contributed by atoms with Gasteiger partial charge in [0.15, 0.2) is 0 Å². The number of carbonyl (C=O) groups is 1. The SMILES string of the molecule is COc1ccc(-c2ccc(=O)n(CCNC(=O)c3cc(C(F)(F)F)cc(C(F)(F)F)c3)n2)cc1. The zero-order valence-corrected chi connectivity index (χ0v) is 17.5. The summed E-state index contributed by atoms with van der Waals surface area (Å²) in [6, 6.07) is 10.1. The number of hydrogen-bond acceptors (Lipinski definition) is 4. The van der Waals surface area contributed by atoms with E-state index in [0.29, 0.717) is 29.1 Å². The van der Waals surface area contributed by atoms with Crippen molar-refractivity contribution in [3.05, 3.63) is 81.6 Å². The minimum Gasteiger partial charge on any atom is -0.497 e. The molecule has 0 saturated carbocycles. The van der Waals surface area contributed by atoms with Gasteiger partial charge < -0.3 is 10.1 Å². The molecule has 0 fully saturated rings. The predicted molar refractivity (Wildman–Crippen MR) is 109 cm³/mol. The van der Waals surface area contributed by atoms with Gasteiger partial charge in [0, 0.05) is 23.7 Å². The maximum atomic E-state index is 13.0. The Bertz CT molecular complexity index is 1200. The number of amides is 1. The molecule has 0 aliphatic heterocycles. The van der Waals surface area contributed by atoms with Crippen molar-refractivity contribution < 1.29 is 35.9 Å². The summed E-state index contributed by atoms with van der Waals surface area (Å²) in [7, 11) is 1.50. The Labute approximate surface area is 188 Å². The standard InChI is InChI=1S/C22H17F6N3O3/c1-34-17-4-2-13(3-5-17)18-6-7-19(32)31(30-18)9-8-29-20(33)14-10-15(21(23,24)25)12-16(11-14)22(26,27)28/h2-7,10-12H,8-9H2,1H3,(H,29,33). The van der Waals surface area contributed by atoms with Crippen molar-refractivity contribution in [1.29, 1.82) is 0 Å². The van der Waals surface area contributed by atoms with Crippen LogP contribution in [0, 0.1) is 0 Å². The number of halogens is 6. The second-order valence-corrected chi connectivity index (χ2v) is 7.06. The lowest BCUT2D eigenvalue weighted by Gasteiger charge is -2.14. The number of benzene rings is 2. The molecule has 6 nitrogen and oxygen atoms in total. The van der Waals surface area contributed by atoms with E-state index in [9.17, 15) is 35.9 Å². The zero-order chi connectivity index (χ0) is 25.1. The molecule has 1 aromatic heterocycles. The molecule has 3 aromatic rings. The fourth-order valence-corrected chi connectivity index (χ4v) is 2.99. The summed E-state index contributed by atoms with van der Waals surface area (Å²) in [5.74, 6) is -0.543. The molecule has 1 heterocycles. The number of alkyl halides is 6. The highest BCUT2D eigenvalue weighted by Crippen LogP contribution is 2.36. The first-order chi connectivity index (χ1) is 15.9. The van der Waals surface area contributed by atoms with Crippen LogP contribution in [0.15, 0.2) is 59.4 Å². The fraction of sp³-hybridized carbons (Fsp3) is 0.227. The Morgan fingerprint density at radius 1 is 0.941 bits per heavy atom. The number of carbonyl (C=O) groups excluding carboxylic acids is 1. The molecule has 0 bridgehead atoms. The molecule has 0 saturated heterocycles. The first-order valence-corrected chi connectivity index (χ1v) is 9.69. The predicted octanol–water partition coefficient (Wildman–Crippen LogP) is 4.39. The minimum atomic E-state index is -5.07. The summed E-state index contributed by atoms with van der Waals surface area (Å²) < 4.78 is 84.0. The second kappa shape index (κ2) is 9.57. The summed E-state index contributed by atoms with van der Waals surface area (Å²) in [5, 5.41) is 6.39. The molecule has 0 unspecified atom stereocenters. The second-order valence-electron chi connectivity index (χ2n) is 7.06. The van der Waals surface area contributed by atoms with Crippen molar-refractivity contribution in [2.45, 2.75) is 18.9 Å². The minimum absolute atomic E-state index is 0.0646. The lowest BCUT2D eigenvalue weighted by molar-refractivity contribution is -0.143. The van der Waals surface area contributed by atoms with Crippen LogP contribution in [-0.4, -0.2) is 29.3 Å². The Kier molecular flexibility index (Phi) is 6.99. The smallest absolute Gasteiger partial charge is 0.416 e. The van der Waals surface area contributed by atoms with Gasteiger partial charge in [-0.05, 0) is 48.5 Å². The van der Waals surface area contributed by atoms with E-state index in [4.69, 9.17) is 4.74 Å². The molecule has 1 N–H and O–H groups in total. The van der Waals surface area contributed by atoms with Crippen LogP contribution in [-0.2, 0) is 18.9 Å². The summed E-state index contributed by atoms with van der Waals surface area (Å²) in [5.41, 5.74) is -3.42. The number of hydrogen-bond donors (Lipinski definition) is 1. The summed E-state index contributed by atoms with van der Waals surface area (Å²) in [6.07, 6.45) is -10.1. The van der Waals surface area contributed by atoms with Crippen LogP contribution >= 0.6 is 0 Å². The molecule has 34 heavy (non-hydrogen) atoms. The lowest BCUT2D eigenvalue weighted by atomic mass is 10.0. The number of methoxy groups -OCH3 is 1. The number of nitrogens with zero attached hydrogens (tertiary/aromatic N) is 2. The van der Waals surface area contributed by atoms with Crippen LogP contribution in [0.2, 0.25) is 0 Å². The van der Waals surface area contributed by atoms with E-state index in [1.165, 1.54) is 19.2 Å². The first-order valence-electron chi connectivity index (χ1n) is 9.69. The number of nitrogens with one attached hydrogen (secondary N) is 1. The topological polar surface area (TPSA) is 73.2 Å². The summed E-state index contributed by atoms with van der Waals surface area (Å²) >= 11 is 0. The monoisotopic (exact) mass is 485 g/mol. The number of ether oxygens (including phenoxy) is 1. The van der Waals surface area contributed by atoms with Crippen molar-refractivity contribution in [2.75, 3.05) is 13.7 Å². The molecule has 0 aliphatic carbocycles. The van der Waals surface area contributed by atoms with Crippen molar-refractivity contribution in [1.82, 2.24) is 15.1 Å². The van der Waals surface area contributed by atoms with Gasteiger partial charge in [-0.15, -0.1) is 0 Å². The van der Waals surface area contributed by atoms with Crippen LogP contribution < -0.4 is 15.6 Å². The largest absolute Gasteiger partial charge is 0.497 e. The van der Waals surface area contributed by atoms with Crippen LogP contribution in [0.1, 0.15) is 21.5 Å². The molecule has 0 radical (unpaired) electrons. The molecule has 180 valence electrons. The van der Waals surface area contributed by atoms with Crippen LogP contribution in [0.25, 0.3) is 11.3 Å². The zero-order valence-electron chi connectivity index (χ0n) is 17.5. The Balaban J connectivity index is 1.75. The van der Waals surface area contributed by atoms with Crippen LogP contribution in [0.3, 0.4) is 0 Å². The molecule has 12 heteroatoms. The molecular weight excluding hydrogens is 468 g/mol. The maximum absolute atomic E-state index is 13.0. The summed E-state index contributed by atoms with van der Waals surface area (Å²) in [6.45, 7) is -0.435. The van der Waals surface area contributed by atoms with Gasteiger partial charge in [-0.2, -0.15) is 31.4 Å². The van der Waals surface area contributed by atoms with Crippen molar-refractivity contribution in [3.8, 4) is 17.0 Å². The van der Waals surface area contributed by atoms with Gasteiger partial charge >= 0.3 is 12.4 Å². The maximum Gasteiger partial charge on any atom is 0.416 e. The molecule has 0 aliphatic rings. The van der Waals surface area contributed by atoms with E-state index in [-0.39, 0.29) is 19.2 Å². The Hall–Kier alpha value is -3.83. The highest BCUT2D eigenvalue weighted by Gasteiger charge is 2.37. The quantitative estimate of drug-likeness (QED) is 0.526. The van der Waals surface area contributed by atoms with Gasteiger partial charge in [0.1, 0.15) is 5.75 Å². The Morgan fingerprint density at radius 3 is 2.06 bits per heavy atom. The van der Waals surface area contributed by atoms with Gasteiger partial charge in [-0.1, -0.05) is 0 Å². The number of rotatable bonds is 6. The highest BCUT2D eigenvalue weighted by atomic mass is 19.4. The molecule has 0 spiro atoms. The summed E-state index contributed by atoms with van der Waals surface area (Å²) in [4.78, 5) is 24.3. The molecule has 0 atom stereocenters. The van der Waals surface area contributed by atoms with E-state index in [1.807, 2.05) is 0 Å². The van der Waals surface area contributed by atoms with Crippen LogP contribution in [0.4, 0.5) is 26.3 Å². The van der Waals surface area contributed by atoms with Gasteiger partial charge in [0.25, 0.3) is 11.5 Å². The molecule has 2 aromatic carbocycles. The molecule has 1 amide bonds. The third-order valence-electron chi connectivity index (χ3n) is 4.71. The third kappa shape index (κ3) is 5.94. The molecular formula is C22H17F6N3O3. The Morgan fingerprint density at radius 2 is 1.53 bits per heavy atom.